The number of nitrogens with two attached hydrogens (primary N) is 1. The first-order valence-corrected chi connectivity index (χ1v) is 7.01. The first-order valence-electron chi connectivity index (χ1n) is 7.01. The SMILES string of the molecule is CCCCNC(=O)CCOCCOCCOCCN. The summed E-state index contributed by atoms with van der Waals surface area (Å²) in [5.41, 5.74) is 5.27. The van der Waals surface area contributed by atoms with Crippen molar-refractivity contribution in [3.05, 3.63) is 0 Å². The van der Waals surface area contributed by atoms with Gasteiger partial charge in [-0.25, -0.2) is 0 Å². The van der Waals surface area contributed by atoms with Gasteiger partial charge in [-0.3, -0.25) is 4.79 Å². The van der Waals surface area contributed by atoms with E-state index in [1.165, 1.54) is 0 Å². The summed E-state index contributed by atoms with van der Waals surface area (Å²) in [5.74, 6) is 0.0459. The highest BCUT2D eigenvalue weighted by molar-refractivity contribution is 5.75. The zero-order chi connectivity index (χ0) is 14.2. The first-order chi connectivity index (χ1) is 9.31. The van der Waals surface area contributed by atoms with Gasteiger partial charge in [0.1, 0.15) is 0 Å². The second-order valence-corrected chi connectivity index (χ2v) is 4.08. The van der Waals surface area contributed by atoms with Crippen LogP contribution in [0.2, 0.25) is 0 Å². The third kappa shape index (κ3) is 15.3. The Kier molecular flexibility index (Phi) is 14.8. The molecule has 0 saturated carbocycles. The van der Waals surface area contributed by atoms with E-state index in [0.717, 1.165) is 19.4 Å². The Bertz CT molecular complexity index is 203. The lowest BCUT2D eigenvalue weighted by Gasteiger charge is -2.07. The third-order valence-electron chi connectivity index (χ3n) is 2.33. The predicted molar refractivity (Wildman–Crippen MR) is 74.0 cm³/mol. The van der Waals surface area contributed by atoms with Crippen molar-refractivity contribution in [2.24, 2.45) is 5.73 Å². The molecule has 114 valence electrons. The summed E-state index contributed by atoms with van der Waals surface area (Å²) in [6.07, 6.45) is 2.51. The molecule has 1 amide bonds. The molecule has 0 atom stereocenters. The Morgan fingerprint density at radius 3 is 2.16 bits per heavy atom. The van der Waals surface area contributed by atoms with Crippen LogP contribution in [0.5, 0.6) is 0 Å². The second-order valence-electron chi connectivity index (χ2n) is 4.08. The normalized spacial score (nSPS) is 10.6. The second kappa shape index (κ2) is 15.4. The number of ether oxygens (including phenoxy) is 3. The molecule has 3 N–H and O–H groups in total. The molecule has 0 fully saturated rings. The van der Waals surface area contributed by atoms with E-state index in [1.807, 2.05) is 0 Å². The maximum atomic E-state index is 11.3. The minimum Gasteiger partial charge on any atom is -0.379 e. The van der Waals surface area contributed by atoms with Crippen LogP contribution in [0.15, 0.2) is 0 Å². The lowest BCUT2D eigenvalue weighted by molar-refractivity contribution is -0.122. The molecule has 0 aromatic heterocycles. The molecule has 0 heterocycles. The molecule has 0 saturated heterocycles. The molecule has 0 aromatic carbocycles. The van der Waals surface area contributed by atoms with Crippen LogP contribution in [0.25, 0.3) is 0 Å². The lowest BCUT2D eigenvalue weighted by Crippen LogP contribution is -2.25. The van der Waals surface area contributed by atoms with Crippen molar-refractivity contribution in [2.45, 2.75) is 26.2 Å². The average molecular weight is 276 g/mol. The maximum absolute atomic E-state index is 11.3. The number of amides is 1. The predicted octanol–water partition coefficient (Wildman–Crippen LogP) is 0.301. The number of carbonyl (C=O) groups excluding carboxylic acids is 1. The van der Waals surface area contributed by atoms with Crippen molar-refractivity contribution in [1.82, 2.24) is 5.32 Å². The Morgan fingerprint density at radius 1 is 1.00 bits per heavy atom. The smallest absolute Gasteiger partial charge is 0.222 e. The molecule has 0 unspecified atom stereocenters. The van der Waals surface area contributed by atoms with Crippen molar-refractivity contribution >= 4 is 5.91 Å². The van der Waals surface area contributed by atoms with Crippen LogP contribution < -0.4 is 11.1 Å². The van der Waals surface area contributed by atoms with Gasteiger partial charge in [0, 0.05) is 19.5 Å². The van der Waals surface area contributed by atoms with Gasteiger partial charge in [-0.2, -0.15) is 0 Å². The molecule has 19 heavy (non-hydrogen) atoms. The number of rotatable bonds is 14. The Balaban J connectivity index is 3.07. The maximum Gasteiger partial charge on any atom is 0.222 e. The zero-order valence-electron chi connectivity index (χ0n) is 12.0. The van der Waals surface area contributed by atoms with E-state index in [4.69, 9.17) is 19.9 Å². The van der Waals surface area contributed by atoms with Crippen LogP contribution in [0.3, 0.4) is 0 Å². The minimum absolute atomic E-state index is 0.0459. The van der Waals surface area contributed by atoms with Gasteiger partial charge in [-0.05, 0) is 6.42 Å². The van der Waals surface area contributed by atoms with Gasteiger partial charge in [0.15, 0.2) is 0 Å². The molecule has 0 rings (SSSR count). The third-order valence-corrected chi connectivity index (χ3v) is 2.33. The highest BCUT2D eigenvalue weighted by atomic mass is 16.5. The van der Waals surface area contributed by atoms with Crippen LogP contribution in [-0.4, -0.2) is 58.6 Å². The van der Waals surface area contributed by atoms with E-state index in [-0.39, 0.29) is 5.91 Å². The summed E-state index contributed by atoms with van der Waals surface area (Å²) in [6, 6.07) is 0. The van der Waals surface area contributed by atoms with Crippen LogP contribution in [0, 0.1) is 0 Å². The van der Waals surface area contributed by atoms with Gasteiger partial charge in [-0.15, -0.1) is 0 Å². The quantitative estimate of drug-likeness (QED) is 0.446. The Morgan fingerprint density at radius 2 is 1.58 bits per heavy atom. The summed E-state index contributed by atoms with van der Waals surface area (Å²) in [4.78, 5) is 11.3. The summed E-state index contributed by atoms with van der Waals surface area (Å²) in [7, 11) is 0. The van der Waals surface area contributed by atoms with E-state index in [9.17, 15) is 4.79 Å². The topological polar surface area (TPSA) is 82.8 Å². The summed E-state index contributed by atoms with van der Waals surface area (Å²) in [5, 5.41) is 2.84. The van der Waals surface area contributed by atoms with E-state index in [2.05, 4.69) is 12.2 Å². The molecule has 0 aliphatic carbocycles. The molecule has 0 bridgehead atoms. The van der Waals surface area contributed by atoms with E-state index in [0.29, 0.717) is 52.6 Å². The van der Waals surface area contributed by atoms with E-state index in [1.54, 1.807) is 0 Å². The van der Waals surface area contributed by atoms with Gasteiger partial charge in [0.2, 0.25) is 5.91 Å². The van der Waals surface area contributed by atoms with Crippen molar-refractivity contribution in [3.63, 3.8) is 0 Å². The molecular weight excluding hydrogens is 248 g/mol. The van der Waals surface area contributed by atoms with Crippen molar-refractivity contribution in [3.8, 4) is 0 Å². The molecular formula is C13H28N2O4. The fourth-order valence-corrected chi connectivity index (χ4v) is 1.28. The van der Waals surface area contributed by atoms with Gasteiger partial charge >= 0.3 is 0 Å². The highest BCUT2D eigenvalue weighted by Gasteiger charge is 1.99. The van der Waals surface area contributed by atoms with E-state index >= 15 is 0 Å². The molecule has 6 nitrogen and oxygen atoms in total. The molecule has 0 radical (unpaired) electrons. The van der Waals surface area contributed by atoms with E-state index < -0.39 is 0 Å². The van der Waals surface area contributed by atoms with Crippen molar-refractivity contribution < 1.29 is 19.0 Å². The average Bonchev–Trinajstić information content (AvgIpc) is 2.41. The Labute approximate surface area is 116 Å². The van der Waals surface area contributed by atoms with Crippen LogP contribution in [-0.2, 0) is 19.0 Å². The number of carbonyl (C=O) groups is 1. The number of hydrogen-bond donors (Lipinski definition) is 2. The highest BCUT2D eigenvalue weighted by Crippen LogP contribution is 1.87. The Hall–Kier alpha value is -0.690. The number of unbranched alkanes of at least 4 members (excludes halogenated alkanes) is 1. The molecule has 0 aliphatic rings. The van der Waals surface area contributed by atoms with Gasteiger partial charge in [0.25, 0.3) is 0 Å². The fraction of sp³-hybridized carbons (Fsp3) is 0.923. The molecule has 0 aromatic rings. The van der Waals surface area contributed by atoms with Gasteiger partial charge < -0.3 is 25.3 Å². The minimum atomic E-state index is 0.0459. The first kappa shape index (κ1) is 18.3. The summed E-state index contributed by atoms with van der Waals surface area (Å²) in [6.45, 7) is 6.49. The van der Waals surface area contributed by atoms with Crippen LogP contribution >= 0.6 is 0 Å². The van der Waals surface area contributed by atoms with Crippen molar-refractivity contribution in [2.75, 3.05) is 52.7 Å². The monoisotopic (exact) mass is 276 g/mol. The molecule has 0 aliphatic heterocycles. The van der Waals surface area contributed by atoms with Gasteiger partial charge in [-0.1, -0.05) is 13.3 Å². The van der Waals surface area contributed by atoms with Gasteiger partial charge in [0.05, 0.1) is 39.6 Å². The number of nitrogens with one attached hydrogen (secondary N) is 1. The summed E-state index contributed by atoms with van der Waals surface area (Å²) >= 11 is 0. The van der Waals surface area contributed by atoms with Crippen LogP contribution in [0.1, 0.15) is 26.2 Å². The zero-order valence-corrected chi connectivity index (χ0v) is 12.0. The van der Waals surface area contributed by atoms with Crippen molar-refractivity contribution in [1.29, 1.82) is 0 Å². The lowest BCUT2D eigenvalue weighted by atomic mass is 10.3. The molecule has 0 spiro atoms. The standard InChI is InChI=1S/C13H28N2O4/c1-2-3-6-15-13(16)4-7-17-9-11-19-12-10-18-8-5-14/h2-12,14H2,1H3,(H,15,16). The number of hydrogen-bond acceptors (Lipinski definition) is 5. The van der Waals surface area contributed by atoms with Crippen LogP contribution in [0.4, 0.5) is 0 Å². The largest absolute Gasteiger partial charge is 0.379 e. The molecule has 6 heteroatoms. The summed E-state index contributed by atoms with van der Waals surface area (Å²) < 4.78 is 15.7. The fourth-order valence-electron chi connectivity index (χ4n) is 1.28.